The van der Waals surface area contributed by atoms with Crippen LogP contribution in [-0.2, 0) is 42.8 Å². The molecule has 1 aromatic carbocycles. The van der Waals surface area contributed by atoms with Crippen molar-refractivity contribution in [3.63, 3.8) is 0 Å². The number of hydrogen-bond donors (Lipinski definition) is 3. The maximum Gasteiger partial charge on any atom is 0.338 e. The summed E-state index contributed by atoms with van der Waals surface area (Å²) in [5.41, 5.74) is -5.89. The van der Waals surface area contributed by atoms with Gasteiger partial charge in [0.2, 0.25) is 5.91 Å². The molecule has 2 heterocycles. The lowest BCUT2D eigenvalue weighted by molar-refractivity contribution is -0.362. The topological polar surface area (TPSA) is 176 Å². The highest BCUT2D eigenvalue weighted by molar-refractivity contribution is 5.89. The number of carbonyl (C=O) groups is 4. The molecule has 292 valence electrons. The molecule has 2 aliphatic heterocycles. The Balaban J connectivity index is 1.61. The van der Waals surface area contributed by atoms with E-state index in [9.17, 15) is 29.4 Å². The zero-order valence-corrected chi connectivity index (χ0v) is 32.6. The summed E-state index contributed by atoms with van der Waals surface area (Å²) < 4.78 is 38.6. The second-order valence-corrected chi connectivity index (χ2v) is 17.5. The number of aliphatic hydroxyl groups is 2. The second-order valence-electron chi connectivity index (χ2n) is 17.5. The van der Waals surface area contributed by atoms with Crippen LogP contribution in [0.3, 0.4) is 0 Å². The molecule has 0 aromatic heterocycles. The van der Waals surface area contributed by atoms with Crippen molar-refractivity contribution >= 4 is 23.8 Å². The highest BCUT2D eigenvalue weighted by Crippen LogP contribution is 2.67. The Bertz CT molecular complexity index is 1700. The van der Waals surface area contributed by atoms with Gasteiger partial charge in [0.05, 0.1) is 35.7 Å². The molecule has 3 N–H and O–H groups in total. The summed E-state index contributed by atoms with van der Waals surface area (Å²) in [6.07, 6.45) is -6.45. The first-order chi connectivity index (χ1) is 24.4. The SMILES string of the molecule is CC(=O)NC(C)C(C)(C)C(=O)O[C@H]1C[C@@]2(O)[C@@H](OC(=O)c3ccccc3)[C@@H]3[C@]4(OC(C)=O)CO[C@@H]4CC(O)[C@@]3(C)[C@@H]3OC(C)(C)O[C@@H]3C(=C1C)C2(C)C. The van der Waals surface area contributed by atoms with Gasteiger partial charge in [0.1, 0.15) is 30.0 Å². The molecular formula is C40H55NO12. The Morgan fingerprint density at radius 2 is 1.64 bits per heavy atom. The summed E-state index contributed by atoms with van der Waals surface area (Å²) in [4.78, 5) is 53.3. The van der Waals surface area contributed by atoms with Gasteiger partial charge < -0.3 is 44.0 Å². The molecule has 13 nitrogen and oxygen atoms in total. The lowest BCUT2D eigenvalue weighted by Crippen LogP contribution is -2.82. The third kappa shape index (κ3) is 5.92. The number of esters is 3. The van der Waals surface area contributed by atoms with Crippen molar-refractivity contribution in [3.8, 4) is 0 Å². The third-order valence-electron chi connectivity index (χ3n) is 13.2. The number of aliphatic hydroxyl groups excluding tert-OH is 1. The molecular weight excluding hydrogens is 686 g/mol. The number of hydrogen-bond acceptors (Lipinski definition) is 12. The lowest BCUT2D eigenvalue weighted by atomic mass is 9.44. The van der Waals surface area contributed by atoms with E-state index in [2.05, 4.69) is 5.32 Å². The average Bonchev–Trinajstić information content (AvgIpc) is 3.37. The molecule has 53 heavy (non-hydrogen) atoms. The van der Waals surface area contributed by atoms with Gasteiger partial charge in [-0.3, -0.25) is 14.4 Å². The van der Waals surface area contributed by atoms with Gasteiger partial charge in [-0.05, 0) is 64.8 Å². The van der Waals surface area contributed by atoms with Crippen LogP contribution in [0.4, 0.5) is 0 Å². The highest BCUT2D eigenvalue weighted by atomic mass is 16.8. The quantitative estimate of drug-likeness (QED) is 0.210. The fraction of sp³-hybridized carbons (Fsp3) is 0.700. The predicted octanol–water partition coefficient (Wildman–Crippen LogP) is 3.77. The fourth-order valence-electron chi connectivity index (χ4n) is 9.83. The van der Waals surface area contributed by atoms with Crippen LogP contribution in [0.5, 0.6) is 0 Å². The fourth-order valence-corrected chi connectivity index (χ4v) is 9.83. The van der Waals surface area contributed by atoms with E-state index in [4.69, 9.17) is 28.4 Å². The number of fused-ring (bicyclic) bond motifs is 8. The smallest absolute Gasteiger partial charge is 0.338 e. The summed E-state index contributed by atoms with van der Waals surface area (Å²) in [6.45, 7) is 18.4. The minimum Gasteiger partial charge on any atom is -0.457 e. The Morgan fingerprint density at radius 3 is 2.21 bits per heavy atom. The molecule has 1 aromatic rings. The van der Waals surface area contributed by atoms with Crippen LogP contribution in [0, 0.1) is 22.2 Å². The molecule has 0 radical (unpaired) electrons. The summed E-state index contributed by atoms with van der Waals surface area (Å²) in [6, 6.07) is 7.73. The van der Waals surface area contributed by atoms with E-state index in [1.165, 1.54) is 13.8 Å². The van der Waals surface area contributed by atoms with Crippen molar-refractivity contribution in [2.75, 3.05) is 6.61 Å². The molecule has 0 spiro atoms. The first kappa shape index (κ1) is 39.3. The molecule has 2 unspecified atom stereocenters. The van der Waals surface area contributed by atoms with Crippen molar-refractivity contribution in [1.82, 2.24) is 5.32 Å². The van der Waals surface area contributed by atoms with Gasteiger partial charge in [-0.15, -0.1) is 0 Å². The van der Waals surface area contributed by atoms with Crippen LogP contribution in [0.2, 0.25) is 0 Å². The zero-order valence-electron chi connectivity index (χ0n) is 32.6. The maximum atomic E-state index is 14.2. The Kier molecular flexibility index (Phi) is 9.55. The van der Waals surface area contributed by atoms with Crippen molar-refractivity contribution in [1.29, 1.82) is 0 Å². The summed E-state index contributed by atoms with van der Waals surface area (Å²) in [5, 5.41) is 28.7. The average molecular weight is 742 g/mol. The lowest BCUT2D eigenvalue weighted by Gasteiger charge is -2.68. The Hall–Kier alpha value is -3.36. The summed E-state index contributed by atoms with van der Waals surface area (Å²) >= 11 is 0. The Morgan fingerprint density at radius 1 is 1.00 bits per heavy atom. The number of amides is 1. The molecule has 5 aliphatic rings. The molecule has 1 amide bonds. The number of benzene rings is 1. The van der Waals surface area contributed by atoms with Crippen LogP contribution in [0.25, 0.3) is 0 Å². The predicted molar refractivity (Wildman–Crippen MR) is 189 cm³/mol. The normalized spacial score (nSPS) is 38.7. The van der Waals surface area contributed by atoms with Gasteiger partial charge >= 0.3 is 17.9 Å². The minimum atomic E-state index is -2.04. The molecule has 2 bridgehead atoms. The van der Waals surface area contributed by atoms with Gasteiger partial charge in [-0.25, -0.2) is 4.79 Å². The van der Waals surface area contributed by atoms with Gasteiger partial charge in [-0.2, -0.15) is 0 Å². The molecule has 3 aliphatic carbocycles. The van der Waals surface area contributed by atoms with E-state index in [1.54, 1.807) is 65.0 Å². The first-order valence-corrected chi connectivity index (χ1v) is 18.5. The van der Waals surface area contributed by atoms with Crippen molar-refractivity contribution in [2.45, 2.75) is 149 Å². The number of carbonyl (C=O) groups excluding carboxylic acids is 4. The van der Waals surface area contributed by atoms with Gasteiger partial charge in [0.15, 0.2) is 11.4 Å². The zero-order chi connectivity index (χ0) is 39.3. The minimum absolute atomic E-state index is 0.0777. The van der Waals surface area contributed by atoms with E-state index < -0.39 is 99.7 Å². The second kappa shape index (κ2) is 12.9. The highest BCUT2D eigenvalue weighted by Gasteiger charge is 2.79. The summed E-state index contributed by atoms with van der Waals surface area (Å²) in [7, 11) is 0. The number of ether oxygens (including phenoxy) is 6. The van der Waals surface area contributed by atoms with Crippen molar-refractivity contribution in [3.05, 3.63) is 47.0 Å². The van der Waals surface area contributed by atoms with E-state index in [-0.39, 0.29) is 30.9 Å². The molecule has 2 saturated heterocycles. The van der Waals surface area contributed by atoms with E-state index in [1.807, 2.05) is 27.7 Å². The number of nitrogens with one attached hydrogen (secondary N) is 1. The molecule has 11 atom stereocenters. The van der Waals surface area contributed by atoms with Crippen molar-refractivity contribution in [2.24, 2.45) is 22.2 Å². The first-order valence-electron chi connectivity index (χ1n) is 18.5. The molecule has 13 heteroatoms. The van der Waals surface area contributed by atoms with Crippen LogP contribution in [0.1, 0.15) is 99.4 Å². The third-order valence-corrected chi connectivity index (χ3v) is 13.2. The maximum absolute atomic E-state index is 14.2. The molecule has 2 saturated carbocycles. The Labute approximate surface area is 311 Å². The van der Waals surface area contributed by atoms with Crippen LogP contribution in [-0.4, -0.2) is 100 Å². The van der Waals surface area contributed by atoms with Crippen LogP contribution < -0.4 is 5.32 Å². The van der Waals surface area contributed by atoms with Gasteiger partial charge in [-0.1, -0.05) is 39.0 Å². The van der Waals surface area contributed by atoms with Crippen LogP contribution >= 0.6 is 0 Å². The van der Waals surface area contributed by atoms with E-state index in [0.29, 0.717) is 11.1 Å². The van der Waals surface area contributed by atoms with Gasteiger partial charge in [0, 0.05) is 43.6 Å². The van der Waals surface area contributed by atoms with Gasteiger partial charge in [0.25, 0.3) is 0 Å². The van der Waals surface area contributed by atoms with Crippen LogP contribution in [0.15, 0.2) is 41.5 Å². The largest absolute Gasteiger partial charge is 0.457 e. The van der Waals surface area contributed by atoms with E-state index in [0.717, 1.165) is 0 Å². The number of rotatable bonds is 7. The van der Waals surface area contributed by atoms with E-state index >= 15 is 0 Å². The molecule has 6 rings (SSSR count). The monoisotopic (exact) mass is 741 g/mol. The van der Waals surface area contributed by atoms with Crippen molar-refractivity contribution < 1.29 is 57.8 Å². The standard InChI is InChI=1S/C40H55NO12/c1-20-25(49-34(46)35(5,6)21(2)41-22(3)42)18-40(47)32(50-33(45)24-15-13-12-14-16-24)30-38(11,26(44)17-27-39(30,19-48-27)51-23(4)43)31-29(28(20)36(40,7)8)52-37(9,10)53-31/h12-16,21,25-27,29-32,44,47H,17-19H2,1-11H3,(H,41,42)/t21?,25-,26?,27+,29+,30-,31+,32-,38+,39-,40+/m0/s1. The summed E-state index contributed by atoms with van der Waals surface area (Å²) in [5.74, 6) is -4.59. The molecule has 4 fully saturated rings.